The second-order valence-electron chi connectivity index (χ2n) is 9.21. The van der Waals surface area contributed by atoms with Crippen LogP contribution >= 0.6 is 0 Å². The fourth-order valence-electron chi connectivity index (χ4n) is 5.46. The van der Waals surface area contributed by atoms with Gasteiger partial charge < -0.3 is 4.90 Å². The summed E-state index contributed by atoms with van der Waals surface area (Å²) in [4.78, 5) is 15.7. The van der Waals surface area contributed by atoms with Crippen LogP contribution in [-0.4, -0.2) is 37.8 Å². The fourth-order valence-corrected chi connectivity index (χ4v) is 6.98. The third-order valence-corrected chi connectivity index (χ3v) is 9.10. The molecular weight excluding hydrogens is 408 g/mol. The normalized spacial score (nSPS) is 22.2. The molecule has 0 saturated carbocycles. The smallest absolute Gasteiger partial charge is 0.243 e. The second-order valence-corrected chi connectivity index (χ2v) is 11.1. The molecule has 1 atom stereocenters. The van der Waals surface area contributed by atoms with E-state index < -0.39 is 10.0 Å². The zero-order valence-electron chi connectivity index (χ0n) is 18.1. The highest BCUT2D eigenvalue weighted by molar-refractivity contribution is 7.89. The van der Waals surface area contributed by atoms with Crippen molar-refractivity contribution in [2.24, 2.45) is 5.92 Å². The van der Waals surface area contributed by atoms with Crippen molar-refractivity contribution in [3.63, 3.8) is 0 Å². The quantitative estimate of drug-likeness (QED) is 0.729. The van der Waals surface area contributed by atoms with Crippen molar-refractivity contribution >= 4 is 21.6 Å². The molecule has 2 heterocycles. The maximum Gasteiger partial charge on any atom is 0.243 e. The molecule has 3 aliphatic rings. The summed E-state index contributed by atoms with van der Waals surface area (Å²) in [5.41, 5.74) is 4.70. The average Bonchev–Trinajstić information content (AvgIpc) is 3.14. The first-order chi connectivity index (χ1) is 14.9. The number of benzene rings is 2. The molecular formula is C25H30N2O3S. The van der Waals surface area contributed by atoms with Crippen LogP contribution in [0.4, 0.5) is 5.69 Å². The number of aryl methyl sites for hydroxylation is 2. The first kappa shape index (κ1) is 20.7. The predicted molar refractivity (Wildman–Crippen MR) is 122 cm³/mol. The molecule has 2 aromatic rings. The highest BCUT2D eigenvalue weighted by atomic mass is 32.2. The van der Waals surface area contributed by atoms with Crippen LogP contribution in [0.25, 0.3) is 0 Å². The second kappa shape index (κ2) is 8.06. The molecule has 1 unspecified atom stereocenters. The Morgan fingerprint density at radius 2 is 1.65 bits per heavy atom. The largest absolute Gasteiger partial charge is 0.309 e. The van der Waals surface area contributed by atoms with Gasteiger partial charge in [0.15, 0.2) is 0 Å². The van der Waals surface area contributed by atoms with E-state index in [9.17, 15) is 13.2 Å². The van der Waals surface area contributed by atoms with E-state index in [-0.39, 0.29) is 17.9 Å². The molecule has 0 radical (unpaired) electrons. The van der Waals surface area contributed by atoms with Crippen LogP contribution in [0.5, 0.6) is 0 Å². The van der Waals surface area contributed by atoms with Gasteiger partial charge in [-0.1, -0.05) is 24.3 Å². The Morgan fingerprint density at radius 3 is 2.42 bits per heavy atom. The van der Waals surface area contributed by atoms with Gasteiger partial charge in [-0.25, -0.2) is 8.42 Å². The lowest BCUT2D eigenvalue weighted by Crippen LogP contribution is -2.46. The third-order valence-electron chi connectivity index (χ3n) is 7.21. The topological polar surface area (TPSA) is 57.7 Å². The minimum Gasteiger partial charge on any atom is -0.309 e. The molecule has 1 amide bonds. The Morgan fingerprint density at radius 1 is 0.935 bits per heavy atom. The van der Waals surface area contributed by atoms with Gasteiger partial charge in [0.05, 0.1) is 4.90 Å². The summed E-state index contributed by atoms with van der Waals surface area (Å²) >= 11 is 0. The van der Waals surface area contributed by atoms with Crippen molar-refractivity contribution in [3.05, 3.63) is 59.2 Å². The van der Waals surface area contributed by atoms with Crippen molar-refractivity contribution in [1.29, 1.82) is 0 Å². The van der Waals surface area contributed by atoms with E-state index in [1.54, 1.807) is 10.4 Å². The molecule has 2 aromatic carbocycles. The van der Waals surface area contributed by atoms with Crippen molar-refractivity contribution in [1.82, 2.24) is 4.31 Å². The van der Waals surface area contributed by atoms with Gasteiger partial charge >= 0.3 is 0 Å². The Hall–Kier alpha value is -2.18. The molecule has 0 bridgehead atoms. The lowest BCUT2D eigenvalue weighted by atomic mass is 9.92. The summed E-state index contributed by atoms with van der Waals surface area (Å²) in [5.74, 6) is 0.0202. The summed E-state index contributed by atoms with van der Waals surface area (Å²) in [7, 11) is -3.51. The van der Waals surface area contributed by atoms with Gasteiger partial charge in [-0.3, -0.25) is 4.79 Å². The molecule has 164 valence electrons. The van der Waals surface area contributed by atoms with Crippen LogP contribution in [0.1, 0.15) is 49.3 Å². The number of piperidine rings is 1. The SMILES string of the molecule is CC1Cc2ccccc2N1C(=O)C1CCN(S(=O)(=O)c2ccc3c(c2)CCCC3)CC1. The lowest BCUT2D eigenvalue weighted by Gasteiger charge is -2.34. The summed E-state index contributed by atoms with van der Waals surface area (Å²) in [5, 5.41) is 0. The molecule has 1 fully saturated rings. The summed E-state index contributed by atoms with van der Waals surface area (Å²) in [6, 6.07) is 13.9. The molecule has 2 aliphatic heterocycles. The number of amides is 1. The number of sulfonamides is 1. The third kappa shape index (κ3) is 3.70. The average molecular weight is 439 g/mol. The number of anilines is 1. The molecule has 5 nitrogen and oxygen atoms in total. The molecule has 31 heavy (non-hydrogen) atoms. The summed E-state index contributed by atoms with van der Waals surface area (Å²) in [6.07, 6.45) is 6.35. The van der Waals surface area contributed by atoms with Crippen LogP contribution in [-0.2, 0) is 34.1 Å². The van der Waals surface area contributed by atoms with Gasteiger partial charge in [0.2, 0.25) is 15.9 Å². The highest BCUT2D eigenvalue weighted by Crippen LogP contribution is 2.35. The first-order valence-electron chi connectivity index (χ1n) is 11.5. The Bertz CT molecular complexity index is 1100. The number of para-hydroxylation sites is 1. The molecule has 1 aliphatic carbocycles. The van der Waals surface area contributed by atoms with E-state index in [2.05, 4.69) is 13.0 Å². The standard InChI is InChI=1S/C25H30N2O3S/c1-18-16-22-8-4-5-9-24(22)27(18)25(28)20-12-14-26(15-13-20)31(29,30)23-11-10-19-6-2-3-7-21(19)17-23/h4-5,8-11,17-18,20H,2-3,6-7,12-16H2,1H3. The maximum atomic E-state index is 13.3. The number of fused-ring (bicyclic) bond motifs is 2. The number of nitrogens with zero attached hydrogens (tertiary/aromatic N) is 2. The molecule has 0 N–H and O–H groups in total. The van der Waals surface area contributed by atoms with Gasteiger partial charge in [0.25, 0.3) is 0 Å². The van der Waals surface area contributed by atoms with Crippen molar-refractivity contribution < 1.29 is 13.2 Å². The van der Waals surface area contributed by atoms with Crippen molar-refractivity contribution in [2.45, 2.75) is 62.8 Å². The van der Waals surface area contributed by atoms with Crippen LogP contribution in [0.2, 0.25) is 0 Å². The number of hydrogen-bond donors (Lipinski definition) is 0. The zero-order chi connectivity index (χ0) is 21.6. The fraction of sp³-hybridized carbons (Fsp3) is 0.480. The van der Waals surface area contributed by atoms with E-state index in [1.807, 2.05) is 35.2 Å². The predicted octanol–water partition coefficient (Wildman–Crippen LogP) is 3.94. The summed E-state index contributed by atoms with van der Waals surface area (Å²) < 4.78 is 28.1. The van der Waals surface area contributed by atoms with Gasteiger partial charge in [0, 0.05) is 30.7 Å². The van der Waals surface area contributed by atoms with Crippen molar-refractivity contribution in [2.75, 3.05) is 18.0 Å². The summed E-state index contributed by atoms with van der Waals surface area (Å²) in [6.45, 7) is 2.90. The number of hydrogen-bond acceptors (Lipinski definition) is 3. The lowest BCUT2D eigenvalue weighted by molar-refractivity contribution is -0.123. The Labute approximate surface area is 185 Å². The Kier molecular flexibility index (Phi) is 5.39. The van der Waals surface area contributed by atoms with E-state index in [4.69, 9.17) is 0 Å². The van der Waals surface area contributed by atoms with Gasteiger partial charge in [-0.05, 0) is 86.8 Å². The Balaban J connectivity index is 1.29. The van der Waals surface area contributed by atoms with Gasteiger partial charge in [-0.2, -0.15) is 4.31 Å². The number of rotatable bonds is 3. The van der Waals surface area contributed by atoms with Gasteiger partial charge in [0.1, 0.15) is 0 Å². The minimum atomic E-state index is -3.51. The van der Waals surface area contributed by atoms with Crippen molar-refractivity contribution in [3.8, 4) is 0 Å². The molecule has 6 heteroatoms. The number of carbonyl (C=O) groups excluding carboxylic acids is 1. The first-order valence-corrected chi connectivity index (χ1v) is 12.9. The van der Waals surface area contributed by atoms with Crippen LogP contribution in [0.3, 0.4) is 0 Å². The number of carbonyl (C=O) groups is 1. The van der Waals surface area contributed by atoms with Crippen LogP contribution in [0.15, 0.2) is 47.4 Å². The van der Waals surface area contributed by atoms with E-state index >= 15 is 0 Å². The highest BCUT2D eigenvalue weighted by Gasteiger charge is 2.38. The molecule has 0 spiro atoms. The van der Waals surface area contributed by atoms with Gasteiger partial charge in [-0.15, -0.1) is 0 Å². The molecule has 5 rings (SSSR count). The monoisotopic (exact) mass is 438 g/mol. The van der Waals surface area contributed by atoms with E-state index in [1.165, 1.54) is 23.1 Å². The maximum absolute atomic E-state index is 13.3. The molecule has 0 aromatic heterocycles. The van der Waals surface area contributed by atoms with Crippen LogP contribution < -0.4 is 4.90 Å². The molecule has 1 saturated heterocycles. The van der Waals surface area contributed by atoms with Crippen LogP contribution in [0, 0.1) is 5.92 Å². The van der Waals surface area contributed by atoms with E-state index in [0.717, 1.165) is 31.4 Å². The van der Waals surface area contributed by atoms with E-state index in [0.29, 0.717) is 30.8 Å². The zero-order valence-corrected chi connectivity index (χ0v) is 18.9. The minimum absolute atomic E-state index is 0.122.